The van der Waals surface area contributed by atoms with Gasteiger partial charge in [0, 0.05) is 36.1 Å². The van der Waals surface area contributed by atoms with Crippen LogP contribution in [0, 0.1) is 5.92 Å². The lowest BCUT2D eigenvalue weighted by molar-refractivity contribution is -0.137. The van der Waals surface area contributed by atoms with Crippen LogP contribution in [0.2, 0.25) is 0 Å². The summed E-state index contributed by atoms with van der Waals surface area (Å²) in [5.41, 5.74) is 0. The minimum Gasteiger partial charge on any atom is -0.337 e. The fourth-order valence-corrected chi connectivity index (χ4v) is 4.40. The molecular weight excluding hydrogens is 404 g/mol. The summed E-state index contributed by atoms with van der Waals surface area (Å²) in [6.07, 6.45) is 0. The third-order valence-corrected chi connectivity index (χ3v) is 6.31. The number of amides is 1. The van der Waals surface area contributed by atoms with E-state index in [-0.39, 0.29) is 35.0 Å². The number of benzene rings is 1. The first-order valence-electron chi connectivity index (χ1n) is 7.31. The van der Waals surface area contributed by atoms with Crippen molar-refractivity contribution in [1.29, 1.82) is 0 Å². The van der Waals surface area contributed by atoms with Gasteiger partial charge in [0.25, 0.3) is 0 Å². The zero-order valence-electron chi connectivity index (χ0n) is 13.2. The zero-order valence-corrected chi connectivity index (χ0v) is 16.4. The maximum absolute atomic E-state index is 12.5. The van der Waals surface area contributed by atoms with Gasteiger partial charge >= 0.3 is 0 Å². The van der Waals surface area contributed by atoms with Crippen molar-refractivity contribution in [2.45, 2.75) is 24.8 Å². The number of nitrogens with one attached hydrogen (secondary N) is 1. The van der Waals surface area contributed by atoms with E-state index in [9.17, 15) is 13.2 Å². The maximum Gasteiger partial charge on any atom is 0.226 e. The molecule has 1 aliphatic heterocycles. The van der Waals surface area contributed by atoms with Crippen LogP contribution in [0.5, 0.6) is 0 Å². The predicted molar refractivity (Wildman–Crippen MR) is 96.7 cm³/mol. The molecule has 1 unspecified atom stereocenters. The molecule has 2 rings (SSSR count). The van der Waals surface area contributed by atoms with Crippen LogP contribution in [-0.2, 0) is 14.6 Å². The third-order valence-electron chi connectivity index (χ3n) is 3.85. The molecular formula is C15H22BrClN2O3S. The minimum atomic E-state index is -3.46. The summed E-state index contributed by atoms with van der Waals surface area (Å²) in [6.45, 7) is 5.79. The first-order chi connectivity index (χ1) is 10.3. The number of hydrogen-bond donors (Lipinski definition) is 1. The summed E-state index contributed by atoms with van der Waals surface area (Å²) in [7, 11) is -3.46. The molecule has 0 radical (unpaired) electrons. The standard InChI is InChI=1S/C15H21BrN2O3S.ClH/c1-11(15(19)18-8-7-17-9-12(18)2)10-22(20,21)14-5-3-13(16)4-6-14;/h3-6,11-12,17H,7-10H2,1-2H3;1H/t11?,12-;/m1./s1. The normalized spacial score (nSPS) is 19.8. The van der Waals surface area contributed by atoms with Crippen LogP contribution >= 0.6 is 28.3 Å². The van der Waals surface area contributed by atoms with Gasteiger partial charge in [-0.1, -0.05) is 22.9 Å². The number of sulfone groups is 1. The highest BCUT2D eigenvalue weighted by Gasteiger charge is 2.30. The Labute approximate surface area is 152 Å². The van der Waals surface area contributed by atoms with Crippen molar-refractivity contribution in [1.82, 2.24) is 10.2 Å². The van der Waals surface area contributed by atoms with Crippen LogP contribution in [0.1, 0.15) is 13.8 Å². The fourth-order valence-electron chi connectivity index (χ4n) is 2.59. The van der Waals surface area contributed by atoms with Crippen LogP contribution in [0.4, 0.5) is 0 Å². The van der Waals surface area contributed by atoms with Gasteiger partial charge in [0.1, 0.15) is 0 Å². The first kappa shape index (κ1) is 20.4. The highest BCUT2D eigenvalue weighted by atomic mass is 79.9. The molecule has 1 aromatic rings. The number of rotatable bonds is 4. The molecule has 8 heteroatoms. The molecule has 23 heavy (non-hydrogen) atoms. The Morgan fingerprint density at radius 3 is 2.57 bits per heavy atom. The van der Waals surface area contributed by atoms with E-state index in [0.29, 0.717) is 6.54 Å². The molecule has 2 atom stereocenters. The van der Waals surface area contributed by atoms with E-state index in [1.54, 1.807) is 36.1 Å². The fraction of sp³-hybridized carbons (Fsp3) is 0.533. The molecule has 0 aromatic heterocycles. The van der Waals surface area contributed by atoms with Crippen LogP contribution in [-0.4, -0.2) is 50.7 Å². The number of carbonyl (C=O) groups is 1. The van der Waals surface area contributed by atoms with Gasteiger partial charge in [-0.05, 0) is 31.2 Å². The summed E-state index contributed by atoms with van der Waals surface area (Å²) in [6, 6.07) is 6.60. The van der Waals surface area contributed by atoms with E-state index in [2.05, 4.69) is 21.2 Å². The van der Waals surface area contributed by atoms with Crippen molar-refractivity contribution in [2.24, 2.45) is 5.92 Å². The van der Waals surface area contributed by atoms with Gasteiger partial charge in [-0.2, -0.15) is 0 Å². The Balaban J connectivity index is 0.00000264. The molecule has 0 saturated carbocycles. The molecule has 1 amide bonds. The number of nitrogens with zero attached hydrogens (tertiary/aromatic N) is 1. The molecule has 1 aliphatic rings. The van der Waals surface area contributed by atoms with Crippen molar-refractivity contribution in [3.05, 3.63) is 28.7 Å². The van der Waals surface area contributed by atoms with Crippen molar-refractivity contribution in [3.8, 4) is 0 Å². The largest absolute Gasteiger partial charge is 0.337 e. The molecule has 0 spiro atoms. The molecule has 1 saturated heterocycles. The summed E-state index contributed by atoms with van der Waals surface area (Å²) >= 11 is 3.28. The van der Waals surface area contributed by atoms with Crippen molar-refractivity contribution >= 4 is 44.1 Å². The van der Waals surface area contributed by atoms with Crippen molar-refractivity contribution < 1.29 is 13.2 Å². The summed E-state index contributed by atoms with van der Waals surface area (Å²) in [5, 5.41) is 3.22. The van der Waals surface area contributed by atoms with Crippen LogP contribution in [0.25, 0.3) is 0 Å². The monoisotopic (exact) mass is 424 g/mol. The average Bonchev–Trinajstić information content (AvgIpc) is 2.47. The summed E-state index contributed by atoms with van der Waals surface area (Å²) in [4.78, 5) is 14.5. The predicted octanol–water partition coefficient (Wildman–Crippen LogP) is 2.10. The number of carbonyl (C=O) groups excluding carboxylic acids is 1. The second kappa shape index (κ2) is 8.46. The number of halogens is 2. The van der Waals surface area contributed by atoms with E-state index < -0.39 is 15.8 Å². The van der Waals surface area contributed by atoms with E-state index in [1.807, 2.05) is 6.92 Å². The average molecular weight is 426 g/mol. The zero-order chi connectivity index (χ0) is 16.3. The first-order valence-corrected chi connectivity index (χ1v) is 9.75. The van der Waals surface area contributed by atoms with Crippen LogP contribution in [0.3, 0.4) is 0 Å². The van der Waals surface area contributed by atoms with Gasteiger partial charge in [-0.25, -0.2) is 8.42 Å². The Morgan fingerprint density at radius 1 is 1.39 bits per heavy atom. The highest BCUT2D eigenvalue weighted by molar-refractivity contribution is 9.10. The maximum atomic E-state index is 12.5. The summed E-state index contributed by atoms with van der Waals surface area (Å²) < 4.78 is 25.7. The van der Waals surface area contributed by atoms with Crippen LogP contribution in [0.15, 0.2) is 33.6 Å². The third kappa shape index (κ3) is 5.17. The minimum absolute atomic E-state index is 0. The second-order valence-electron chi connectivity index (χ2n) is 5.72. The van der Waals surface area contributed by atoms with Crippen LogP contribution < -0.4 is 5.32 Å². The summed E-state index contributed by atoms with van der Waals surface area (Å²) in [5.74, 6) is -0.798. The lowest BCUT2D eigenvalue weighted by atomic mass is 10.1. The van der Waals surface area contributed by atoms with Gasteiger partial charge < -0.3 is 10.2 Å². The van der Waals surface area contributed by atoms with Gasteiger partial charge in [0.15, 0.2) is 9.84 Å². The Bertz CT molecular complexity index is 637. The molecule has 1 fully saturated rings. The van der Waals surface area contributed by atoms with Gasteiger partial charge in [0.05, 0.1) is 10.6 Å². The van der Waals surface area contributed by atoms with E-state index in [0.717, 1.165) is 17.6 Å². The van der Waals surface area contributed by atoms with Crippen molar-refractivity contribution in [3.63, 3.8) is 0 Å². The molecule has 5 nitrogen and oxygen atoms in total. The second-order valence-corrected chi connectivity index (χ2v) is 8.67. The quantitative estimate of drug-likeness (QED) is 0.802. The topological polar surface area (TPSA) is 66.5 Å². The Kier molecular flexibility index (Phi) is 7.51. The van der Waals surface area contributed by atoms with E-state index in [4.69, 9.17) is 0 Å². The number of piperazine rings is 1. The lowest BCUT2D eigenvalue weighted by Gasteiger charge is -2.35. The number of hydrogen-bond acceptors (Lipinski definition) is 4. The Hall–Kier alpha value is -0.630. The molecule has 1 aromatic carbocycles. The van der Waals surface area contributed by atoms with Gasteiger partial charge in [-0.3, -0.25) is 4.79 Å². The van der Waals surface area contributed by atoms with Gasteiger partial charge in [0.2, 0.25) is 5.91 Å². The Morgan fingerprint density at radius 2 is 2.00 bits per heavy atom. The molecule has 0 bridgehead atoms. The van der Waals surface area contributed by atoms with E-state index in [1.165, 1.54) is 0 Å². The van der Waals surface area contributed by atoms with Crippen molar-refractivity contribution in [2.75, 3.05) is 25.4 Å². The van der Waals surface area contributed by atoms with Gasteiger partial charge in [-0.15, -0.1) is 12.4 Å². The lowest BCUT2D eigenvalue weighted by Crippen LogP contribution is -2.54. The molecule has 1 N–H and O–H groups in total. The molecule has 130 valence electrons. The smallest absolute Gasteiger partial charge is 0.226 e. The molecule has 1 heterocycles. The highest BCUT2D eigenvalue weighted by Crippen LogP contribution is 2.19. The molecule has 0 aliphatic carbocycles. The van der Waals surface area contributed by atoms with E-state index >= 15 is 0 Å². The SMILES string of the molecule is CC(CS(=O)(=O)c1ccc(Br)cc1)C(=O)N1CCNC[C@H]1C.Cl.